The molecule has 0 aliphatic carbocycles. The number of hydrogen-bond acceptors (Lipinski definition) is 5. The van der Waals surface area contributed by atoms with E-state index >= 15 is 0 Å². The van der Waals surface area contributed by atoms with Gasteiger partial charge < -0.3 is 19.9 Å². The second kappa shape index (κ2) is 15.8. The van der Waals surface area contributed by atoms with E-state index in [1.165, 1.54) is 0 Å². The number of carbonyl (C=O) groups excluding carboxylic acids is 1. The quantitative estimate of drug-likeness (QED) is 0.203. The third-order valence-electron chi connectivity index (χ3n) is 6.32. The van der Waals surface area contributed by atoms with Crippen LogP contribution in [0, 0.1) is 6.92 Å². The predicted octanol–water partition coefficient (Wildman–Crippen LogP) is 6.53. The highest BCUT2D eigenvalue weighted by molar-refractivity contribution is 9.10. The SMILES string of the molecule is CCOC[C@H](Cc1cccc(Br)c1)OCc1ccc(C(=O)N[C@@H](CCSC)C(=O)O)c(-c2ccccc2C)c1. The Balaban J connectivity index is 1.86. The summed E-state index contributed by atoms with van der Waals surface area (Å²) in [4.78, 5) is 25.1. The lowest BCUT2D eigenvalue weighted by molar-refractivity contribution is -0.139. The minimum absolute atomic E-state index is 0.142. The molecule has 0 heterocycles. The zero-order valence-electron chi connectivity index (χ0n) is 22.6. The molecule has 3 aromatic rings. The monoisotopic (exact) mass is 613 g/mol. The van der Waals surface area contributed by atoms with Gasteiger partial charge in [-0.1, -0.05) is 58.4 Å². The summed E-state index contributed by atoms with van der Waals surface area (Å²) in [5, 5.41) is 12.3. The van der Waals surface area contributed by atoms with Crippen LogP contribution < -0.4 is 5.32 Å². The first-order chi connectivity index (χ1) is 18.8. The van der Waals surface area contributed by atoms with Gasteiger partial charge in [0.25, 0.3) is 5.91 Å². The first kappa shape index (κ1) is 30.9. The van der Waals surface area contributed by atoms with Crippen molar-refractivity contribution in [1.82, 2.24) is 5.32 Å². The van der Waals surface area contributed by atoms with Gasteiger partial charge in [-0.25, -0.2) is 4.79 Å². The number of thioether (sulfide) groups is 1. The van der Waals surface area contributed by atoms with Crippen LogP contribution in [-0.2, 0) is 27.3 Å². The smallest absolute Gasteiger partial charge is 0.326 e. The third-order valence-corrected chi connectivity index (χ3v) is 7.46. The highest BCUT2D eigenvalue weighted by Gasteiger charge is 2.23. The van der Waals surface area contributed by atoms with Crippen molar-refractivity contribution in [3.8, 4) is 11.1 Å². The maximum Gasteiger partial charge on any atom is 0.326 e. The standard InChI is InChI=1S/C31H36BrNO5S/c1-4-37-20-25(17-22-9-7-10-24(32)16-22)38-19-23-12-13-27(28(18-23)26-11-6-5-8-21(26)2)30(34)33-29(31(35)36)14-15-39-3/h5-13,16,18,25,29H,4,14-15,17,19-20H2,1-3H3,(H,33,34)(H,35,36)/t25-,29-/m0/s1. The molecular formula is C31H36BrNO5S. The summed E-state index contributed by atoms with van der Waals surface area (Å²) in [6.07, 6.45) is 2.83. The number of nitrogens with one attached hydrogen (secondary N) is 1. The number of carbonyl (C=O) groups is 2. The zero-order valence-corrected chi connectivity index (χ0v) is 25.0. The molecule has 0 saturated carbocycles. The van der Waals surface area contributed by atoms with Crippen molar-refractivity contribution < 1.29 is 24.2 Å². The number of halogens is 1. The second-order valence-corrected chi connectivity index (χ2v) is 11.2. The number of hydrogen-bond donors (Lipinski definition) is 2. The number of carboxylic acids is 1. The molecule has 0 aromatic heterocycles. The molecule has 208 valence electrons. The largest absolute Gasteiger partial charge is 0.480 e. The average Bonchev–Trinajstić information content (AvgIpc) is 2.92. The van der Waals surface area contributed by atoms with Crippen LogP contribution in [0.1, 0.15) is 40.4 Å². The molecule has 6 nitrogen and oxygen atoms in total. The summed E-state index contributed by atoms with van der Waals surface area (Å²) in [7, 11) is 0. The van der Waals surface area contributed by atoms with Crippen molar-refractivity contribution in [3.63, 3.8) is 0 Å². The van der Waals surface area contributed by atoms with Crippen molar-refractivity contribution >= 4 is 39.6 Å². The molecule has 0 aliphatic rings. The molecule has 0 saturated heterocycles. The summed E-state index contributed by atoms with van der Waals surface area (Å²) >= 11 is 5.08. The van der Waals surface area contributed by atoms with Gasteiger partial charge in [0, 0.05) is 23.1 Å². The highest BCUT2D eigenvalue weighted by Crippen LogP contribution is 2.29. The molecule has 2 N–H and O–H groups in total. The fourth-order valence-electron chi connectivity index (χ4n) is 4.26. The normalized spacial score (nSPS) is 12.6. The van der Waals surface area contributed by atoms with Gasteiger partial charge in [0.2, 0.25) is 0 Å². The Morgan fingerprint density at radius 3 is 2.51 bits per heavy atom. The van der Waals surface area contributed by atoms with E-state index in [0.717, 1.165) is 32.3 Å². The van der Waals surface area contributed by atoms with E-state index in [-0.39, 0.29) is 6.10 Å². The van der Waals surface area contributed by atoms with Gasteiger partial charge in [0.15, 0.2) is 0 Å². The second-order valence-electron chi connectivity index (χ2n) is 9.27. The molecule has 3 rings (SSSR count). The fourth-order valence-corrected chi connectivity index (χ4v) is 5.18. The van der Waals surface area contributed by atoms with Gasteiger partial charge in [-0.15, -0.1) is 0 Å². The molecule has 1 amide bonds. The number of amides is 1. The van der Waals surface area contributed by atoms with Crippen LogP contribution in [0.4, 0.5) is 0 Å². The summed E-state index contributed by atoms with van der Waals surface area (Å²) in [5.41, 5.74) is 5.18. The number of rotatable bonds is 15. The molecule has 0 aliphatic heterocycles. The summed E-state index contributed by atoms with van der Waals surface area (Å²) in [6, 6.07) is 20.6. The minimum Gasteiger partial charge on any atom is -0.480 e. The maximum atomic E-state index is 13.3. The molecular weight excluding hydrogens is 578 g/mol. The third kappa shape index (κ3) is 9.49. The minimum atomic E-state index is -1.04. The van der Waals surface area contributed by atoms with Gasteiger partial charge in [-0.05, 0) is 84.4 Å². The van der Waals surface area contributed by atoms with E-state index in [1.54, 1.807) is 17.8 Å². The number of aliphatic carboxylic acids is 1. The Morgan fingerprint density at radius 2 is 1.82 bits per heavy atom. The van der Waals surface area contributed by atoms with Gasteiger partial charge in [0.05, 0.1) is 19.3 Å². The molecule has 8 heteroatoms. The Hall–Kier alpha value is -2.65. The van der Waals surface area contributed by atoms with E-state index in [1.807, 2.05) is 68.6 Å². The molecule has 0 unspecified atom stereocenters. The molecule has 0 fully saturated rings. The number of ether oxygens (including phenoxy) is 2. The lowest BCUT2D eigenvalue weighted by atomic mass is 9.93. The Morgan fingerprint density at radius 1 is 1.03 bits per heavy atom. The average molecular weight is 615 g/mol. The van der Waals surface area contributed by atoms with E-state index in [2.05, 4.69) is 33.4 Å². The van der Waals surface area contributed by atoms with Crippen molar-refractivity contribution in [2.24, 2.45) is 0 Å². The number of carboxylic acid groups (broad SMARTS) is 1. The van der Waals surface area contributed by atoms with Crippen LogP contribution in [0.2, 0.25) is 0 Å². The number of aryl methyl sites for hydroxylation is 1. The van der Waals surface area contributed by atoms with Gasteiger partial charge >= 0.3 is 5.97 Å². The van der Waals surface area contributed by atoms with E-state index in [9.17, 15) is 14.7 Å². The highest BCUT2D eigenvalue weighted by atomic mass is 79.9. The van der Waals surface area contributed by atoms with E-state index in [4.69, 9.17) is 9.47 Å². The van der Waals surface area contributed by atoms with Gasteiger partial charge in [-0.2, -0.15) is 11.8 Å². The Kier molecular flexibility index (Phi) is 12.5. The lowest BCUT2D eigenvalue weighted by Crippen LogP contribution is -2.41. The fraction of sp³-hybridized carbons (Fsp3) is 0.355. The first-order valence-electron chi connectivity index (χ1n) is 13.0. The van der Waals surface area contributed by atoms with Crippen LogP contribution in [0.15, 0.2) is 71.2 Å². The Labute approximate surface area is 243 Å². The number of benzene rings is 3. The zero-order chi connectivity index (χ0) is 28.2. The van der Waals surface area contributed by atoms with E-state index < -0.39 is 17.9 Å². The Bertz CT molecular complexity index is 1250. The molecule has 0 bridgehead atoms. The van der Waals surface area contributed by atoms with Crippen LogP contribution in [0.5, 0.6) is 0 Å². The van der Waals surface area contributed by atoms with Crippen LogP contribution >= 0.6 is 27.7 Å². The summed E-state index contributed by atoms with van der Waals surface area (Å²) < 4.78 is 13.0. The molecule has 0 spiro atoms. The topological polar surface area (TPSA) is 84.9 Å². The summed E-state index contributed by atoms with van der Waals surface area (Å²) in [6.45, 7) is 5.38. The lowest BCUT2D eigenvalue weighted by Gasteiger charge is -2.20. The molecule has 2 atom stereocenters. The summed E-state index contributed by atoms with van der Waals surface area (Å²) in [5.74, 6) is -0.801. The molecule has 3 aromatic carbocycles. The van der Waals surface area contributed by atoms with Crippen molar-refractivity contribution in [1.29, 1.82) is 0 Å². The van der Waals surface area contributed by atoms with E-state index in [0.29, 0.717) is 44.0 Å². The molecule has 0 radical (unpaired) electrons. The maximum absolute atomic E-state index is 13.3. The van der Waals surface area contributed by atoms with Crippen molar-refractivity contribution in [3.05, 3.63) is 93.5 Å². The van der Waals surface area contributed by atoms with Crippen molar-refractivity contribution in [2.75, 3.05) is 25.2 Å². The van der Waals surface area contributed by atoms with Crippen LogP contribution in [0.3, 0.4) is 0 Å². The van der Waals surface area contributed by atoms with Crippen LogP contribution in [-0.4, -0.2) is 54.4 Å². The predicted molar refractivity (Wildman–Crippen MR) is 161 cm³/mol. The van der Waals surface area contributed by atoms with Gasteiger partial charge in [-0.3, -0.25) is 4.79 Å². The van der Waals surface area contributed by atoms with Crippen molar-refractivity contribution in [2.45, 2.75) is 45.4 Å². The molecule has 39 heavy (non-hydrogen) atoms. The van der Waals surface area contributed by atoms with Crippen LogP contribution in [0.25, 0.3) is 11.1 Å². The van der Waals surface area contributed by atoms with Gasteiger partial charge in [0.1, 0.15) is 6.04 Å². The first-order valence-corrected chi connectivity index (χ1v) is 15.2.